The number of hydrogen-bond acceptors (Lipinski definition) is 5. The lowest BCUT2D eigenvalue weighted by Crippen LogP contribution is -2.33. The van der Waals surface area contributed by atoms with Crippen LogP contribution in [0.4, 0.5) is 10.5 Å². The van der Waals surface area contributed by atoms with E-state index in [2.05, 4.69) is 15.6 Å². The van der Waals surface area contributed by atoms with Gasteiger partial charge < -0.3 is 20.1 Å². The van der Waals surface area contributed by atoms with Crippen molar-refractivity contribution < 1.29 is 14.3 Å². The quantitative estimate of drug-likeness (QED) is 0.558. The number of anilines is 1. The van der Waals surface area contributed by atoms with Crippen LogP contribution in [0.3, 0.4) is 0 Å². The number of nitrogens with one attached hydrogen (secondary N) is 2. The Balaban J connectivity index is 2.35. The molecule has 1 heterocycles. The summed E-state index contributed by atoms with van der Waals surface area (Å²) in [6, 6.07) is 3.75. The van der Waals surface area contributed by atoms with Gasteiger partial charge in [0.15, 0.2) is 0 Å². The van der Waals surface area contributed by atoms with Gasteiger partial charge in [-0.3, -0.25) is 0 Å². The van der Waals surface area contributed by atoms with Crippen molar-refractivity contribution in [2.24, 2.45) is 0 Å². The number of alkyl carbamates (subject to hydrolysis) is 1. The summed E-state index contributed by atoms with van der Waals surface area (Å²) < 4.78 is 10.4. The molecule has 1 rings (SSSR count). The van der Waals surface area contributed by atoms with Crippen molar-refractivity contribution in [1.82, 2.24) is 10.3 Å². The molecular weight excluding hydrogens is 318 g/mol. The summed E-state index contributed by atoms with van der Waals surface area (Å²) in [5.41, 5.74) is 0.414. The van der Waals surface area contributed by atoms with Gasteiger partial charge in [-0.1, -0.05) is 11.6 Å². The van der Waals surface area contributed by atoms with Crippen LogP contribution in [0, 0.1) is 0 Å². The number of pyridine rings is 1. The van der Waals surface area contributed by atoms with E-state index in [4.69, 9.17) is 21.1 Å². The maximum atomic E-state index is 11.6. The maximum absolute atomic E-state index is 11.6. The SMILES string of the molecule is COCC(CCCNC(=O)OC(C)(C)C)Nc1ccnc(Cl)c1. The fourth-order valence-corrected chi connectivity index (χ4v) is 2.15. The van der Waals surface area contributed by atoms with Crippen LogP contribution in [0.5, 0.6) is 0 Å². The minimum absolute atomic E-state index is 0.124. The van der Waals surface area contributed by atoms with Crippen molar-refractivity contribution in [3.63, 3.8) is 0 Å². The van der Waals surface area contributed by atoms with Gasteiger partial charge in [-0.15, -0.1) is 0 Å². The minimum atomic E-state index is -0.481. The molecule has 23 heavy (non-hydrogen) atoms. The predicted molar refractivity (Wildman–Crippen MR) is 92.0 cm³/mol. The standard InChI is InChI=1S/C16H26ClN3O3/c1-16(2,3)23-15(21)19-8-5-6-13(11-22-4)20-12-7-9-18-14(17)10-12/h7,9-10,13H,5-6,8,11H2,1-4H3,(H,18,20)(H,19,21). The molecule has 0 fully saturated rings. The molecule has 0 spiro atoms. The van der Waals surface area contributed by atoms with Crippen LogP contribution in [-0.4, -0.2) is 43.0 Å². The molecule has 1 amide bonds. The zero-order valence-corrected chi connectivity index (χ0v) is 14.9. The summed E-state index contributed by atoms with van der Waals surface area (Å²) in [5, 5.41) is 6.54. The fraction of sp³-hybridized carbons (Fsp3) is 0.625. The van der Waals surface area contributed by atoms with Crippen LogP contribution in [0.15, 0.2) is 18.3 Å². The predicted octanol–water partition coefficient (Wildman–Crippen LogP) is 3.47. The topological polar surface area (TPSA) is 72.5 Å². The summed E-state index contributed by atoms with van der Waals surface area (Å²) in [6.45, 7) is 6.63. The first-order valence-electron chi connectivity index (χ1n) is 7.64. The van der Waals surface area contributed by atoms with Crippen molar-refractivity contribution in [3.05, 3.63) is 23.5 Å². The van der Waals surface area contributed by atoms with Crippen LogP contribution in [0.2, 0.25) is 5.15 Å². The molecule has 130 valence electrons. The normalized spacial score (nSPS) is 12.6. The number of methoxy groups -OCH3 is 1. The zero-order valence-electron chi connectivity index (χ0n) is 14.2. The number of carbonyl (C=O) groups excluding carboxylic acids is 1. The lowest BCUT2D eigenvalue weighted by atomic mass is 10.1. The second-order valence-corrected chi connectivity index (χ2v) is 6.62. The average molecular weight is 344 g/mol. The smallest absolute Gasteiger partial charge is 0.407 e. The number of nitrogens with zero attached hydrogens (tertiary/aromatic N) is 1. The van der Waals surface area contributed by atoms with Crippen molar-refractivity contribution >= 4 is 23.4 Å². The van der Waals surface area contributed by atoms with Crippen LogP contribution < -0.4 is 10.6 Å². The summed E-state index contributed by atoms with van der Waals surface area (Å²) in [6.07, 6.45) is 2.90. The molecule has 1 unspecified atom stereocenters. The second-order valence-electron chi connectivity index (χ2n) is 6.23. The number of hydrogen-bond donors (Lipinski definition) is 2. The van der Waals surface area contributed by atoms with Gasteiger partial charge in [0, 0.05) is 31.6 Å². The summed E-state index contributed by atoms with van der Waals surface area (Å²) in [5.74, 6) is 0. The highest BCUT2D eigenvalue weighted by Crippen LogP contribution is 2.14. The zero-order chi connectivity index (χ0) is 17.3. The van der Waals surface area contributed by atoms with Crippen LogP contribution in [0.1, 0.15) is 33.6 Å². The van der Waals surface area contributed by atoms with E-state index in [0.29, 0.717) is 18.3 Å². The van der Waals surface area contributed by atoms with E-state index in [0.717, 1.165) is 18.5 Å². The molecular formula is C16H26ClN3O3. The highest BCUT2D eigenvalue weighted by Gasteiger charge is 2.15. The van der Waals surface area contributed by atoms with Gasteiger partial charge >= 0.3 is 6.09 Å². The number of amides is 1. The molecule has 6 nitrogen and oxygen atoms in total. The summed E-state index contributed by atoms with van der Waals surface area (Å²) in [7, 11) is 1.66. The van der Waals surface area contributed by atoms with Gasteiger partial charge in [-0.25, -0.2) is 9.78 Å². The summed E-state index contributed by atoms with van der Waals surface area (Å²) >= 11 is 5.88. The number of carbonyl (C=O) groups is 1. The van der Waals surface area contributed by atoms with E-state index in [9.17, 15) is 4.79 Å². The van der Waals surface area contributed by atoms with Gasteiger partial charge in [0.1, 0.15) is 10.8 Å². The Bertz CT molecular complexity index is 492. The van der Waals surface area contributed by atoms with Gasteiger partial charge in [-0.05, 0) is 45.7 Å². The third-order valence-electron chi connectivity index (χ3n) is 2.86. The lowest BCUT2D eigenvalue weighted by molar-refractivity contribution is 0.0526. The van der Waals surface area contributed by atoms with Crippen molar-refractivity contribution in [2.45, 2.75) is 45.3 Å². The van der Waals surface area contributed by atoms with E-state index >= 15 is 0 Å². The van der Waals surface area contributed by atoms with E-state index in [1.54, 1.807) is 19.4 Å². The third-order valence-corrected chi connectivity index (χ3v) is 3.07. The van der Waals surface area contributed by atoms with Crippen molar-refractivity contribution in [1.29, 1.82) is 0 Å². The molecule has 0 bridgehead atoms. The van der Waals surface area contributed by atoms with Crippen molar-refractivity contribution in [3.8, 4) is 0 Å². The van der Waals surface area contributed by atoms with Crippen LogP contribution in [-0.2, 0) is 9.47 Å². The van der Waals surface area contributed by atoms with E-state index in [1.165, 1.54) is 0 Å². The lowest BCUT2D eigenvalue weighted by Gasteiger charge is -2.21. The second kappa shape index (κ2) is 9.57. The Morgan fingerprint density at radius 1 is 1.43 bits per heavy atom. The van der Waals surface area contributed by atoms with Gasteiger partial charge in [0.2, 0.25) is 0 Å². The highest BCUT2D eigenvalue weighted by molar-refractivity contribution is 6.29. The Hall–Kier alpha value is -1.53. The Morgan fingerprint density at radius 2 is 2.17 bits per heavy atom. The van der Waals surface area contributed by atoms with E-state index < -0.39 is 11.7 Å². The first-order chi connectivity index (χ1) is 10.8. The number of rotatable bonds is 8. The molecule has 1 aromatic heterocycles. The molecule has 0 aliphatic heterocycles. The molecule has 1 aromatic rings. The molecule has 0 aliphatic carbocycles. The molecule has 0 saturated carbocycles. The average Bonchev–Trinajstić information content (AvgIpc) is 2.42. The van der Waals surface area contributed by atoms with Gasteiger partial charge in [-0.2, -0.15) is 0 Å². The first-order valence-corrected chi connectivity index (χ1v) is 8.02. The largest absolute Gasteiger partial charge is 0.444 e. The van der Waals surface area contributed by atoms with Crippen LogP contribution >= 0.6 is 11.6 Å². The Kier molecular flexibility index (Phi) is 8.12. The fourth-order valence-electron chi connectivity index (χ4n) is 1.98. The molecule has 7 heteroatoms. The molecule has 0 aliphatic rings. The first kappa shape index (κ1) is 19.5. The van der Waals surface area contributed by atoms with Gasteiger partial charge in [0.05, 0.1) is 6.61 Å². The number of aromatic nitrogens is 1. The molecule has 0 radical (unpaired) electrons. The molecule has 2 N–H and O–H groups in total. The number of halogens is 1. The monoisotopic (exact) mass is 343 g/mol. The molecule has 1 atom stereocenters. The summed E-state index contributed by atoms with van der Waals surface area (Å²) in [4.78, 5) is 15.5. The van der Waals surface area contributed by atoms with E-state index in [-0.39, 0.29) is 6.04 Å². The van der Waals surface area contributed by atoms with Crippen LogP contribution in [0.25, 0.3) is 0 Å². The third kappa shape index (κ3) is 9.25. The highest BCUT2D eigenvalue weighted by atomic mass is 35.5. The van der Waals surface area contributed by atoms with Crippen molar-refractivity contribution in [2.75, 3.05) is 25.6 Å². The Morgan fingerprint density at radius 3 is 2.78 bits per heavy atom. The number of ether oxygens (including phenoxy) is 2. The van der Waals surface area contributed by atoms with Gasteiger partial charge in [0.25, 0.3) is 0 Å². The molecule has 0 saturated heterocycles. The molecule has 0 aromatic carbocycles. The van der Waals surface area contributed by atoms with E-state index in [1.807, 2.05) is 26.8 Å². The Labute approximate surface area is 142 Å². The minimum Gasteiger partial charge on any atom is -0.444 e. The maximum Gasteiger partial charge on any atom is 0.407 e.